The van der Waals surface area contributed by atoms with Crippen LogP contribution in [0.3, 0.4) is 0 Å². The highest BCUT2D eigenvalue weighted by Crippen LogP contribution is 2.11. The van der Waals surface area contributed by atoms with Gasteiger partial charge in [-0.25, -0.2) is 15.0 Å². The molecular formula is C16H19N5. The summed E-state index contributed by atoms with van der Waals surface area (Å²) in [6.07, 6.45) is 2.90. The summed E-state index contributed by atoms with van der Waals surface area (Å²) < 4.78 is 2.10. The summed E-state index contributed by atoms with van der Waals surface area (Å²) in [7, 11) is 0. The lowest BCUT2D eigenvalue weighted by Gasteiger charge is -2.06. The van der Waals surface area contributed by atoms with Crippen molar-refractivity contribution in [1.29, 1.82) is 0 Å². The predicted molar refractivity (Wildman–Crippen MR) is 83.4 cm³/mol. The van der Waals surface area contributed by atoms with Gasteiger partial charge in [0, 0.05) is 30.1 Å². The summed E-state index contributed by atoms with van der Waals surface area (Å²) in [4.78, 5) is 13.5. The van der Waals surface area contributed by atoms with Crippen LogP contribution in [0.15, 0.2) is 30.5 Å². The summed E-state index contributed by atoms with van der Waals surface area (Å²) in [5, 5.41) is 3.33. The standard InChI is InChI=1S/C16H19N5/c1-4-14-18-11(2)8-15(20-14)17-9-13-10-21-12(3)6-5-7-16(21)19-13/h5-8,10H,4,9H2,1-3H3,(H,17,18,20). The summed E-state index contributed by atoms with van der Waals surface area (Å²) in [5.74, 6) is 1.72. The number of nitrogens with zero attached hydrogens (tertiary/aromatic N) is 4. The molecule has 0 amide bonds. The minimum Gasteiger partial charge on any atom is -0.364 e. The van der Waals surface area contributed by atoms with E-state index in [1.54, 1.807) is 0 Å². The van der Waals surface area contributed by atoms with Gasteiger partial charge in [-0.15, -0.1) is 0 Å². The molecule has 0 fully saturated rings. The first-order chi connectivity index (χ1) is 10.2. The van der Waals surface area contributed by atoms with Crippen molar-refractivity contribution in [3.8, 4) is 0 Å². The van der Waals surface area contributed by atoms with Gasteiger partial charge in [0.15, 0.2) is 0 Å². The van der Waals surface area contributed by atoms with Crippen molar-refractivity contribution < 1.29 is 0 Å². The van der Waals surface area contributed by atoms with Crippen LogP contribution in [0.2, 0.25) is 0 Å². The Morgan fingerprint density at radius 3 is 2.76 bits per heavy atom. The Balaban J connectivity index is 1.80. The van der Waals surface area contributed by atoms with Crippen LogP contribution in [0.4, 0.5) is 5.82 Å². The van der Waals surface area contributed by atoms with Crippen molar-refractivity contribution in [2.24, 2.45) is 0 Å². The second kappa shape index (κ2) is 5.52. The first kappa shape index (κ1) is 13.5. The summed E-state index contributed by atoms with van der Waals surface area (Å²) in [6, 6.07) is 8.07. The molecule has 1 N–H and O–H groups in total. The van der Waals surface area contributed by atoms with Gasteiger partial charge in [-0.1, -0.05) is 13.0 Å². The maximum absolute atomic E-state index is 4.61. The molecule has 0 aliphatic heterocycles. The number of fused-ring (bicyclic) bond motifs is 1. The van der Waals surface area contributed by atoms with E-state index in [2.05, 4.69) is 50.8 Å². The van der Waals surface area contributed by atoms with Gasteiger partial charge in [-0.3, -0.25) is 0 Å². The van der Waals surface area contributed by atoms with E-state index in [9.17, 15) is 0 Å². The zero-order valence-electron chi connectivity index (χ0n) is 12.6. The van der Waals surface area contributed by atoms with Crippen molar-refractivity contribution in [3.05, 3.63) is 53.4 Å². The lowest BCUT2D eigenvalue weighted by Crippen LogP contribution is -2.05. The molecule has 3 heterocycles. The van der Waals surface area contributed by atoms with Crippen LogP contribution in [-0.4, -0.2) is 19.4 Å². The van der Waals surface area contributed by atoms with Gasteiger partial charge in [0.05, 0.1) is 12.2 Å². The highest BCUT2D eigenvalue weighted by Gasteiger charge is 2.05. The molecule has 3 aromatic rings. The number of aryl methyl sites for hydroxylation is 3. The van der Waals surface area contributed by atoms with Crippen molar-refractivity contribution in [2.45, 2.75) is 33.7 Å². The van der Waals surface area contributed by atoms with Gasteiger partial charge in [0.25, 0.3) is 0 Å². The normalized spacial score (nSPS) is 11.0. The van der Waals surface area contributed by atoms with E-state index in [0.29, 0.717) is 6.54 Å². The molecule has 0 radical (unpaired) electrons. The number of hydrogen-bond acceptors (Lipinski definition) is 4. The van der Waals surface area contributed by atoms with Gasteiger partial charge in [0.2, 0.25) is 0 Å². The first-order valence-electron chi connectivity index (χ1n) is 7.17. The molecule has 5 nitrogen and oxygen atoms in total. The minimum absolute atomic E-state index is 0.653. The highest BCUT2D eigenvalue weighted by atomic mass is 15.1. The molecule has 0 atom stereocenters. The quantitative estimate of drug-likeness (QED) is 0.799. The summed E-state index contributed by atoms with van der Waals surface area (Å²) in [5.41, 5.74) is 4.13. The van der Waals surface area contributed by atoms with Crippen molar-refractivity contribution in [3.63, 3.8) is 0 Å². The Labute approximate surface area is 124 Å². The number of aromatic nitrogens is 4. The summed E-state index contributed by atoms with van der Waals surface area (Å²) in [6.45, 7) is 6.78. The van der Waals surface area contributed by atoms with Crippen LogP contribution in [0.1, 0.15) is 29.8 Å². The van der Waals surface area contributed by atoms with E-state index in [0.717, 1.165) is 35.1 Å². The van der Waals surface area contributed by atoms with Gasteiger partial charge in [0.1, 0.15) is 17.3 Å². The van der Waals surface area contributed by atoms with E-state index in [1.807, 2.05) is 25.1 Å². The van der Waals surface area contributed by atoms with E-state index in [4.69, 9.17) is 0 Å². The molecule has 0 aliphatic carbocycles. The molecule has 0 aliphatic rings. The third-order valence-corrected chi connectivity index (χ3v) is 3.41. The van der Waals surface area contributed by atoms with Crippen molar-refractivity contribution in [2.75, 3.05) is 5.32 Å². The second-order valence-electron chi connectivity index (χ2n) is 5.15. The Morgan fingerprint density at radius 2 is 2.00 bits per heavy atom. The number of anilines is 1. The van der Waals surface area contributed by atoms with Crippen molar-refractivity contribution >= 4 is 11.5 Å². The zero-order chi connectivity index (χ0) is 14.8. The maximum Gasteiger partial charge on any atom is 0.137 e. The number of nitrogens with one attached hydrogen (secondary N) is 1. The van der Waals surface area contributed by atoms with Crippen LogP contribution in [0, 0.1) is 13.8 Å². The molecule has 21 heavy (non-hydrogen) atoms. The number of pyridine rings is 1. The van der Waals surface area contributed by atoms with Crippen LogP contribution >= 0.6 is 0 Å². The molecule has 3 rings (SSSR count). The van der Waals surface area contributed by atoms with Gasteiger partial charge >= 0.3 is 0 Å². The Hall–Kier alpha value is -2.43. The van der Waals surface area contributed by atoms with Crippen LogP contribution < -0.4 is 5.32 Å². The number of imidazole rings is 1. The molecule has 0 spiro atoms. The third-order valence-electron chi connectivity index (χ3n) is 3.41. The molecule has 0 saturated heterocycles. The van der Waals surface area contributed by atoms with Crippen molar-refractivity contribution in [1.82, 2.24) is 19.4 Å². The van der Waals surface area contributed by atoms with Crippen LogP contribution in [0.5, 0.6) is 0 Å². The first-order valence-corrected chi connectivity index (χ1v) is 7.17. The van der Waals surface area contributed by atoms with E-state index < -0.39 is 0 Å². The van der Waals surface area contributed by atoms with Gasteiger partial charge in [-0.05, 0) is 26.0 Å². The minimum atomic E-state index is 0.653. The van der Waals surface area contributed by atoms with E-state index in [-0.39, 0.29) is 0 Å². The van der Waals surface area contributed by atoms with Crippen LogP contribution in [-0.2, 0) is 13.0 Å². The largest absolute Gasteiger partial charge is 0.364 e. The fourth-order valence-electron chi connectivity index (χ4n) is 2.34. The fraction of sp³-hybridized carbons (Fsp3) is 0.312. The Kier molecular flexibility index (Phi) is 3.56. The fourth-order valence-corrected chi connectivity index (χ4v) is 2.34. The average Bonchev–Trinajstić information content (AvgIpc) is 2.89. The van der Waals surface area contributed by atoms with Gasteiger partial charge < -0.3 is 9.72 Å². The predicted octanol–water partition coefficient (Wildman–Crippen LogP) is 2.92. The Bertz CT molecular complexity index is 775. The number of hydrogen-bond donors (Lipinski definition) is 1. The monoisotopic (exact) mass is 281 g/mol. The Morgan fingerprint density at radius 1 is 1.14 bits per heavy atom. The van der Waals surface area contributed by atoms with Gasteiger partial charge in [-0.2, -0.15) is 0 Å². The smallest absolute Gasteiger partial charge is 0.137 e. The topological polar surface area (TPSA) is 55.1 Å². The maximum atomic E-state index is 4.61. The third kappa shape index (κ3) is 2.86. The lowest BCUT2D eigenvalue weighted by molar-refractivity contribution is 0.909. The molecule has 3 aromatic heterocycles. The number of rotatable bonds is 4. The highest BCUT2D eigenvalue weighted by molar-refractivity contribution is 5.43. The zero-order valence-corrected chi connectivity index (χ0v) is 12.6. The average molecular weight is 281 g/mol. The molecule has 108 valence electrons. The molecular weight excluding hydrogens is 262 g/mol. The molecule has 0 aromatic carbocycles. The SMILES string of the molecule is CCc1nc(C)cc(NCc2cn3c(C)cccc3n2)n1. The molecule has 0 bridgehead atoms. The summed E-state index contributed by atoms with van der Waals surface area (Å²) >= 11 is 0. The van der Waals surface area contributed by atoms with Crippen LogP contribution in [0.25, 0.3) is 5.65 Å². The second-order valence-corrected chi connectivity index (χ2v) is 5.15. The molecule has 0 saturated carbocycles. The van der Waals surface area contributed by atoms with E-state index in [1.165, 1.54) is 5.69 Å². The molecule has 5 heteroatoms. The van der Waals surface area contributed by atoms with E-state index >= 15 is 0 Å². The molecule has 0 unspecified atom stereocenters. The lowest BCUT2D eigenvalue weighted by atomic mass is 10.3.